The first-order valence-corrected chi connectivity index (χ1v) is 16.2. The monoisotopic (exact) mass is 544 g/mol. The first-order valence-electron chi connectivity index (χ1n) is 16.2. The van der Waals surface area contributed by atoms with Gasteiger partial charge in [0.05, 0.1) is 0 Å². The molecule has 2 aromatic carbocycles. The maximum atomic E-state index is 13.5. The summed E-state index contributed by atoms with van der Waals surface area (Å²) in [6, 6.07) is 18.6. The molecule has 0 spiro atoms. The molecular weight excluding hydrogens is 492 g/mol. The second-order valence-electron chi connectivity index (χ2n) is 12.8. The highest BCUT2D eigenvalue weighted by molar-refractivity contribution is 5.76. The van der Waals surface area contributed by atoms with E-state index < -0.39 is 0 Å². The van der Waals surface area contributed by atoms with Crippen molar-refractivity contribution >= 4 is 5.91 Å². The number of hydrogen-bond donors (Lipinski definition) is 1. The normalized spacial score (nSPS) is 19.4. The Balaban J connectivity index is 1.18. The number of likely N-dealkylation sites (N-methyl/N-ethyl adjacent to an activating group) is 1. The van der Waals surface area contributed by atoms with Crippen LogP contribution in [0.4, 0.5) is 0 Å². The standard InChI is InChI=1S/C35H52N4O/c1-37-22-24-38(25-23-37)20-7-21-39(35(40)19-16-29-8-2-3-9-29)28-31-10-6-11-33(26-31)32-17-14-30(15-18-32)27-36-34-12-4-5-13-34/h6,10-11,14-15,17-18,26,29,34,36H,2-5,7-9,12-13,16,19-25,27-28H2,1H3. The van der Waals surface area contributed by atoms with Gasteiger partial charge < -0.3 is 20.0 Å². The number of nitrogens with zero attached hydrogens (tertiary/aromatic N) is 3. The van der Waals surface area contributed by atoms with E-state index in [1.54, 1.807) is 0 Å². The van der Waals surface area contributed by atoms with Crippen molar-refractivity contribution in [1.82, 2.24) is 20.0 Å². The zero-order chi connectivity index (χ0) is 27.6. The maximum Gasteiger partial charge on any atom is 0.222 e. The summed E-state index contributed by atoms with van der Waals surface area (Å²) in [5.41, 5.74) is 5.08. The van der Waals surface area contributed by atoms with Gasteiger partial charge >= 0.3 is 0 Å². The van der Waals surface area contributed by atoms with Crippen LogP contribution in [-0.4, -0.2) is 73.0 Å². The zero-order valence-corrected chi connectivity index (χ0v) is 25.0. The second kappa shape index (κ2) is 15.1. The van der Waals surface area contributed by atoms with Crippen molar-refractivity contribution in [3.05, 3.63) is 59.7 Å². The topological polar surface area (TPSA) is 38.8 Å². The Labute approximate surface area is 243 Å². The van der Waals surface area contributed by atoms with Gasteiger partial charge in [0.15, 0.2) is 0 Å². The Morgan fingerprint density at radius 3 is 2.35 bits per heavy atom. The summed E-state index contributed by atoms with van der Waals surface area (Å²) in [6.07, 6.45) is 13.5. The number of rotatable bonds is 13. The lowest BCUT2D eigenvalue weighted by Crippen LogP contribution is -2.45. The van der Waals surface area contributed by atoms with Crippen LogP contribution in [0.3, 0.4) is 0 Å². The molecule has 0 bridgehead atoms. The van der Waals surface area contributed by atoms with Crippen molar-refractivity contribution in [2.45, 2.75) is 89.8 Å². The van der Waals surface area contributed by atoms with E-state index in [-0.39, 0.29) is 0 Å². The minimum atomic E-state index is 0.342. The average molecular weight is 545 g/mol. The third kappa shape index (κ3) is 8.89. The number of hydrogen-bond acceptors (Lipinski definition) is 4. The Kier molecular flexibility index (Phi) is 11.1. The van der Waals surface area contributed by atoms with Crippen molar-refractivity contribution < 1.29 is 4.79 Å². The van der Waals surface area contributed by atoms with Gasteiger partial charge in [-0.2, -0.15) is 0 Å². The van der Waals surface area contributed by atoms with Crippen molar-refractivity contribution in [3.63, 3.8) is 0 Å². The van der Waals surface area contributed by atoms with Crippen LogP contribution in [0.1, 0.15) is 81.8 Å². The van der Waals surface area contributed by atoms with Gasteiger partial charge in [-0.25, -0.2) is 0 Å². The zero-order valence-electron chi connectivity index (χ0n) is 25.0. The van der Waals surface area contributed by atoms with E-state index in [4.69, 9.17) is 0 Å². The van der Waals surface area contributed by atoms with Crippen LogP contribution in [0.2, 0.25) is 0 Å². The number of piperazine rings is 1. The van der Waals surface area contributed by atoms with Crippen molar-refractivity contribution in [2.75, 3.05) is 46.3 Å². The van der Waals surface area contributed by atoms with Crippen LogP contribution in [0.5, 0.6) is 0 Å². The molecule has 40 heavy (non-hydrogen) atoms. The fourth-order valence-electron chi connectivity index (χ4n) is 6.91. The van der Waals surface area contributed by atoms with Crippen LogP contribution in [0.15, 0.2) is 48.5 Å². The molecule has 1 heterocycles. The van der Waals surface area contributed by atoms with Gasteiger partial charge in [-0.3, -0.25) is 4.79 Å². The fraction of sp³-hybridized carbons (Fsp3) is 0.629. The van der Waals surface area contributed by atoms with E-state index >= 15 is 0 Å². The number of carbonyl (C=O) groups is 1. The molecule has 2 saturated carbocycles. The lowest BCUT2D eigenvalue weighted by atomic mass is 10.0. The Hall–Kier alpha value is -2.21. The third-order valence-corrected chi connectivity index (χ3v) is 9.63. The first kappa shape index (κ1) is 29.3. The van der Waals surface area contributed by atoms with Crippen molar-refractivity contribution in [1.29, 1.82) is 0 Å². The SMILES string of the molecule is CN1CCN(CCCN(Cc2cccc(-c3ccc(CNC4CCCC4)cc3)c2)C(=O)CCC2CCCC2)CC1. The summed E-state index contributed by atoms with van der Waals surface area (Å²) in [5.74, 6) is 1.10. The van der Waals surface area contributed by atoms with Crippen LogP contribution in [-0.2, 0) is 17.9 Å². The average Bonchev–Trinajstić information content (AvgIpc) is 3.71. The van der Waals surface area contributed by atoms with E-state index in [9.17, 15) is 4.79 Å². The van der Waals surface area contributed by atoms with Crippen LogP contribution >= 0.6 is 0 Å². The minimum Gasteiger partial charge on any atom is -0.338 e. The molecule has 1 aliphatic heterocycles. The minimum absolute atomic E-state index is 0.342. The molecular formula is C35H52N4O. The van der Waals surface area contributed by atoms with Gasteiger partial charge in [0.2, 0.25) is 5.91 Å². The largest absolute Gasteiger partial charge is 0.338 e. The molecule has 5 heteroatoms. The first-order chi connectivity index (χ1) is 19.6. The summed E-state index contributed by atoms with van der Waals surface area (Å²) in [7, 11) is 2.21. The molecule has 0 aromatic heterocycles. The molecule has 0 radical (unpaired) electrons. The predicted molar refractivity (Wildman–Crippen MR) is 166 cm³/mol. The summed E-state index contributed by atoms with van der Waals surface area (Å²) in [6.45, 7) is 8.18. The van der Waals surface area contributed by atoms with E-state index in [2.05, 4.69) is 75.6 Å². The summed E-state index contributed by atoms with van der Waals surface area (Å²) < 4.78 is 0. The van der Waals surface area contributed by atoms with Gasteiger partial charge in [-0.05, 0) is 73.5 Å². The maximum absolute atomic E-state index is 13.5. The Morgan fingerprint density at radius 2 is 1.60 bits per heavy atom. The highest BCUT2D eigenvalue weighted by Crippen LogP contribution is 2.29. The fourth-order valence-corrected chi connectivity index (χ4v) is 6.91. The second-order valence-corrected chi connectivity index (χ2v) is 12.8. The molecule has 5 nitrogen and oxygen atoms in total. The molecule has 2 aromatic rings. The summed E-state index contributed by atoms with van der Waals surface area (Å²) in [5, 5.41) is 3.72. The van der Waals surface area contributed by atoms with Gasteiger partial charge in [-0.1, -0.05) is 81.0 Å². The van der Waals surface area contributed by atoms with Gasteiger partial charge in [0.25, 0.3) is 0 Å². The highest BCUT2D eigenvalue weighted by Gasteiger charge is 2.21. The summed E-state index contributed by atoms with van der Waals surface area (Å²) in [4.78, 5) is 20.6. The molecule has 3 fully saturated rings. The van der Waals surface area contributed by atoms with Crippen LogP contribution in [0.25, 0.3) is 11.1 Å². The number of nitrogens with one attached hydrogen (secondary N) is 1. The quantitative estimate of drug-likeness (QED) is 0.320. The smallest absolute Gasteiger partial charge is 0.222 e. The molecule has 5 rings (SSSR count). The van der Waals surface area contributed by atoms with Gasteiger partial charge in [-0.15, -0.1) is 0 Å². The van der Waals surface area contributed by atoms with Crippen LogP contribution in [0, 0.1) is 5.92 Å². The van der Waals surface area contributed by atoms with Crippen molar-refractivity contribution in [3.8, 4) is 11.1 Å². The highest BCUT2D eigenvalue weighted by atomic mass is 16.2. The Morgan fingerprint density at radius 1 is 0.875 bits per heavy atom. The van der Waals surface area contributed by atoms with Crippen LogP contribution < -0.4 is 5.32 Å². The lowest BCUT2D eigenvalue weighted by Gasteiger charge is -2.33. The van der Waals surface area contributed by atoms with Gasteiger partial charge in [0.1, 0.15) is 0 Å². The lowest BCUT2D eigenvalue weighted by molar-refractivity contribution is -0.132. The molecule has 1 amide bonds. The van der Waals surface area contributed by atoms with E-state index in [1.807, 2.05) is 0 Å². The number of carbonyl (C=O) groups excluding carboxylic acids is 1. The predicted octanol–water partition coefficient (Wildman–Crippen LogP) is 6.32. The van der Waals surface area contributed by atoms with E-state index in [1.165, 1.54) is 73.6 Å². The third-order valence-electron chi connectivity index (χ3n) is 9.63. The van der Waals surface area contributed by atoms with E-state index in [0.29, 0.717) is 24.9 Å². The molecule has 0 atom stereocenters. The molecule has 2 aliphatic carbocycles. The van der Waals surface area contributed by atoms with E-state index in [0.717, 1.165) is 64.6 Å². The molecule has 0 unspecified atom stereocenters. The number of amides is 1. The molecule has 3 aliphatic rings. The molecule has 1 saturated heterocycles. The van der Waals surface area contributed by atoms with Gasteiger partial charge in [0, 0.05) is 58.3 Å². The summed E-state index contributed by atoms with van der Waals surface area (Å²) >= 11 is 0. The number of benzene rings is 2. The molecule has 1 N–H and O–H groups in total. The molecule has 218 valence electrons. The van der Waals surface area contributed by atoms with Crippen molar-refractivity contribution in [2.24, 2.45) is 5.92 Å². The Bertz CT molecular complexity index is 1030.